The smallest absolute Gasteiger partial charge is 0.339 e. The highest BCUT2D eigenvalue weighted by molar-refractivity contribution is 6.02. The number of anilines is 1. The molecule has 0 heterocycles. The predicted molar refractivity (Wildman–Crippen MR) is 75.5 cm³/mol. The maximum atomic E-state index is 12.3. The maximum Gasteiger partial charge on any atom is 0.339 e. The molecule has 2 unspecified atom stereocenters. The van der Waals surface area contributed by atoms with Crippen molar-refractivity contribution in [3.05, 3.63) is 29.3 Å². The average Bonchev–Trinajstić information content (AvgIpc) is 2.93. The van der Waals surface area contributed by atoms with E-state index in [0.29, 0.717) is 23.1 Å². The number of nitrogens with one attached hydrogen (secondary N) is 1. The van der Waals surface area contributed by atoms with Crippen LogP contribution in [0.2, 0.25) is 0 Å². The summed E-state index contributed by atoms with van der Waals surface area (Å²) >= 11 is 0. The van der Waals surface area contributed by atoms with Crippen LogP contribution in [0.5, 0.6) is 0 Å². The lowest BCUT2D eigenvalue weighted by Crippen LogP contribution is -2.19. The number of rotatable bonds is 3. The number of carbonyl (C=O) groups is 2. The van der Waals surface area contributed by atoms with Gasteiger partial charge >= 0.3 is 5.97 Å². The minimum absolute atomic E-state index is 0.0497. The molecule has 0 aromatic heterocycles. The minimum Gasteiger partial charge on any atom is -0.465 e. The lowest BCUT2D eigenvalue weighted by molar-refractivity contribution is -0.118. The van der Waals surface area contributed by atoms with Crippen molar-refractivity contribution in [3.63, 3.8) is 0 Å². The highest BCUT2D eigenvalue weighted by Gasteiger charge is 2.56. The Morgan fingerprint density at radius 3 is 2.60 bits per heavy atom. The van der Waals surface area contributed by atoms with Crippen LogP contribution < -0.4 is 5.32 Å². The van der Waals surface area contributed by atoms with Gasteiger partial charge < -0.3 is 10.1 Å². The first kappa shape index (κ1) is 13.2. The molecule has 2 aliphatic carbocycles. The zero-order valence-electron chi connectivity index (χ0n) is 11.8. The Bertz CT molecular complexity index is 557. The van der Waals surface area contributed by atoms with E-state index in [9.17, 15) is 9.59 Å². The second-order valence-corrected chi connectivity index (χ2v) is 5.81. The van der Waals surface area contributed by atoms with Crippen molar-refractivity contribution in [2.45, 2.75) is 26.2 Å². The molecule has 3 rings (SSSR count). The van der Waals surface area contributed by atoms with Gasteiger partial charge in [-0.1, -0.05) is 18.1 Å². The summed E-state index contributed by atoms with van der Waals surface area (Å²) in [6, 6.07) is 5.41. The fourth-order valence-electron chi connectivity index (χ4n) is 3.47. The summed E-state index contributed by atoms with van der Waals surface area (Å²) in [5.74, 6) is 0.924. The standard InChI is InChI=1S/C16H19NO3/c1-9-6-7-13(12(8-9)16(19)20-2)17-15(18)14-10-4-3-5-11(10)14/h6-8,10-11,14H,3-5H2,1-2H3,(H,17,18). The fraction of sp³-hybridized carbons (Fsp3) is 0.500. The number of methoxy groups -OCH3 is 1. The Kier molecular flexibility index (Phi) is 3.24. The van der Waals surface area contributed by atoms with E-state index < -0.39 is 5.97 Å². The molecular formula is C16H19NO3. The molecule has 4 nitrogen and oxygen atoms in total. The van der Waals surface area contributed by atoms with E-state index in [1.807, 2.05) is 13.0 Å². The lowest BCUT2D eigenvalue weighted by atomic mass is 10.1. The summed E-state index contributed by atoms with van der Waals surface area (Å²) in [5, 5.41) is 2.90. The predicted octanol–water partition coefficient (Wildman–Crippen LogP) is 2.77. The molecule has 0 spiro atoms. The van der Waals surface area contributed by atoms with Crippen LogP contribution in [-0.4, -0.2) is 19.0 Å². The monoisotopic (exact) mass is 273 g/mol. The quantitative estimate of drug-likeness (QED) is 0.862. The van der Waals surface area contributed by atoms with Crippen LogP contribution in [0.25, 0.3) is 0 Å². The molecule has 2 fully saturated rings. The molecule has 0 radical (unpaired) electrons. The molecule has 2 saturated carbocycles. The number of carbonyl (C=O) groups excluding carboxylic acids is 2. The average molecular weight is 273 g/mol. The summed E-state index contributed by atoms with van der Waals surface area (Å²) in [6.45, 7) is 1.91. The van der Waals surface area contributed by atoms with Gasteiger partial charge in [0.1, 0.15) is 0 Å². The number of amides is 1. The summed E-state index contributed by atoms with van der Waals surface area (Å²) in [7, 11) is 1.35. The molecule has 1 N–H and O–H groups in total. The van der Waals surface area contributed by atoms with Gasteiger partial charge in [-0.3, -0.25) is 4.79 Å². The number of hydrogen-bond acceptors (Lipinski definition) is 3. The minimum atomic E-state index is -0.417. The molecule has 1 amide bonds. The van der Waals surface area contributed by atoms with E-state index in [0.717, 1.165) is 5.56 Å². The van der Waals surface area contributed by atoms with Gasteiger partial charge in [-0.25, -0.2) is 4.79 Å². The van der Waals surface area contributed by atoms with Crippen molar-refractivity contribution < 1.29 is 14.3 Å². The largest absolute Gasteiger partial charge is 0.465 e. The van der Waals surface area contributed by atoms with Gasteiger partial charge in [-0.15, -0.1) is 0 Å². The number of fused-ring (bicyclic) bond motifs is 1. The number of ether oxygens (including phenoxy) is 1. The molecule has 20 heavy (non-hydrogen) atoms. The third-order valence-electron chi connectivity index (χ3n) is 4.55. The van der Waals surface area contributed by atoms with Gasteiger partial charge in [0.25, 0.3) is 0 Å². The molecule has 2 aliphatic rings. The van der Waals surface area contributed by atoms with E-state index in [4.69, 9.17) is 4.74 Å². The molecule has 106 valence electrons. The van der Waals surface area contributed by atoms with E-state index in [-0.39, 0.29) is 11.8 Å². The first-order chi connectivity index (χ1) is 9.61. The topological polar surface area (TPSA) is 55.4 Å². The van der Waals surface area contributed by atoms with Crippen molar-refractivity contribution in [2.24, 2.45) is 17.8 Å². The van der Waals surface area contributed by atoms with Gasteiger partial charge in [-0.05, 0) is 43.7 Å². The van der Waals surface area contributed by atoms with Gasteiger partial charge in [0.05, 0.1) is 18.4 Å². The van der Waals surface area contributed by atoms with Gasteiger partial charge in [0.2, 0.25) is 5.91 Å². The Labute approximate surface area is 118 Å². The van der Waals surface area contributed by atoms with E-state index >= 15 is 0 Å². The lowest BCUT2D eigenvalue weighted by Gasteiger charge is -2.11. The first-order valence-electron chi connectivity index (χ1n) is 7.11. The van der Waals surface area contributed by atoms with Gasteiger partial charge in [-0.2, -0.15) is 0 Å². The van der Waals surface area contributed by atoms with Crippen LogP contribution >= 0.6 is 0 Å². The van der Waals surface area contributed by atoms with Crippen LogP contribution in [-0.2, 0) is 9.53 Å². The van der Waals surface area contributed by atoms with Crippen LogP contribution in [0.3, 0.4) is 0 Å². The van der Waals surface area contributed by atoms with Crippen LogP contribution in [0.4, 0.5) is 5.69 Å². The molecule has 0 saturated heterocycles. The second kappa shape index (κ2) is 4.93. The zero-order valence-corrected chi connectivity index (χ0v) is 11.8. The van der Waals surface area contributed by atoms with Crippen molar-refractivity contribution >= 4 is 17.6 Å². The molecule has 2 atom stereocenters. The first-order valence-corrected chi connectivity index (χ1v) is 7.11. The summed E-state index contributed by atoms with van der Waals surface area (Å²) in [4.78, 5) is 24.0. The third-order valence-corrected chi connectivity index (χ3v) is 4.55. The number of benzene rings is 1. The fourth-order valence-corrected chi connectivity index (χ4v) is 3.47. The zero-order chi connectivity index (χ0) is 14.3. The highest BCUT2D eigenvalue weighted by atomic mass is 16.5. The Hall–Kier alpha value is -1.84. The molecule has 1 aromatic rings. The molecule has 0 aliphatic heterocycles. The van der Waals surface area contributed by atoms with Crippen LogP contribution in [0.15, 0.2) is 18.2 Å². The van der Waals surface area contributed by atoms with Crippen LogP contribution in [0, 0.1) is 24.7 Å². The van der Waals surface area contributed by atoms with E-state index in [2.05, 4.69) is 5.32 Å². The Balaban J connectivity index is 1.77. The molecule has 1 aromatic carbocycles. The third kappa shape index (κ3) is 2.19. The number of hydrogen-bond donors (Lipinski definition) is 1. The maximum absolute atomic E-state index is 12.3. The Morgan fingerprint density at radius 1 is 1.25 bits per heavy atom. The summed E-state index contributed by atoms with van der Waals surface area (Å²) in [5.41, 5.74) is 1.94. The summed E-state index contributed by atoms with van der Waals surface area (Å²) < 4.78 is 4.77. The summed E-state index contributed by atoms with van der Waals surface area (Å²) in [6.07, 6.45) is 3.58. The Morgan fingerprint density at radius 2 is 1.95 bits per heavy atom. The van der Waals surface area contributed by atoms with Crippen molar-refractivity contribution in [3.8, 4) is 0 Å². The van der Waals surface area contributed by atoms with Gasteiger partial charge in [0.15, 0.2) is 0 Å². The van der Waals surface area contributed by atoms with Crippen molar-refractivity contribution in [1.29, 1.82) is 0 Å². The number of aryl methyl sites for hydroxylation is 1. The SMILES string of the molecule is COC(=O)c1cc(C)ccc1NC(=O)C1C2CCCC21. The molecular weight excluding hydrogens is 254 g/mol. The number of esters is 1. The molecule has 4 heteroatoms. The van der Waals surface area contributed by atoms with E-state index in [1.165, 1.54) is 26.4 Å². The normalized spacial score (nSPS) is 26.8. The van der Waals surface area contributed by atoms with Gasteiger partial charge in [0, 0.05) is 5.92 Å². The second-order valence-electron chi connectivity index (χ2n) is 5.81. The van der Waals surface area contributed by atoms with Crippen molar-refractivity contribution in [1.82, 2.24) is 0 Å². The van der Waals surface area contributed by atoms with Crippen molar-refractivity contribution in [2.75, 3.05) is 12.4 Å². The van der Waals surface area contributed by atoms with E-state index in [1.54, 1.807) is 12.1 Å². The molecule has 0 bridgehead atoms. The highest BCUT2D eigenvalue weighted by Crippen LogP contribution is 2.57. The van der Waals surface area contributed by atoms with Crippen LogP contribution in [0.1, 0.15) is 35.2 Å².